The Morgan fingerprint density at radius 3 is 2.33 bits per heavy atom. The van der Waals surface area contributed by atoms with Crippen LogP contribution in [0.2, 0.25) is 0 Å². The number of nitrogens with zero attached hydrogens (tertiary/aromatic N) is 2. The molecule has 1 heterocycles. The van der Waals surface area contributed by atoms with E-state index in [2.05, 4.69) is 4.72 Å². The summed E-state index contributed by atoms with van der Waals surface area (Å²) in [6.07, 6.45) is -1.97. The second kappa shape index (κ2) is 8.13. The molecule has 0 atom stereocenters. The lowest BCUT2D eigenvalue weighted by Gasteiger charge is -2.31. The third kappa shape index (κ3) is 4.66. The van der Waals surface area contributed by atoms with Crippen LogP contribution in [0.1, 0.15) is 30.4 Å². The van der Waals surface area contributed by atoms with Crippen molar-refractivity contribution in [2.24, 2.45) is 0 Å². The molecule has 0 saturated carbocycles. The Morgan fingerprint density at radius 1 is 1.07 bits per heavy atom. The molecule has 2 aromatic rings. The van der Waals surface area contributed by atoms with E-state index < -0.39 is 32.4 Å². The number of piperidine rings is 1. The molecule has 0 unspecified atom stereocenters. The highest BCUT2D eigenvalue weighted by atomic mass is 32.2. The standard InChI is InChI=1S/C19H20F3N3O4S/c1-13-5-7-15(25(26)27)12-18(13)30(28,29)23-16-11-14(19(20,21)22)6-8-17(16)24-9-3-2-4-10-24/h5-8,11-12,23H,2-4,9-10H2,1H3. The fourth-order valence-corrected chi connectivity index (χ4v) is 4.73. The van der Waals surface area contributed by atoms with Crippen molar-refractivity contribution < 1.29 is 26.5 Å². The molecule has 11 heteroatoms. The van der Waals surface area contributed by atoms with Gasteiger partial charge in [0.2, 0.25) is 0 Å². The van der Waals surface area contributed by atoms with E-state index in [1.807, 2.05) is 4.90 Å². The zero-order valence-electron chi connectivity index (χ0n) is 16.1. The Kier molecular flexibility index (Phi) is 5.93. The topological polar surface area (TPSA) is 92.5 Å². The number of nitrogens with one attached hydrogen (secondary N) is 1. The van der Waals surface area contributed by atoms with Gasteiger partial charge >= 0.3 is 6.18 Å². The van der Waals surface area contributed by atoms with Gasteiger partial charge in [0.25, 0.3) is 15.7 Å². The van der Waals surface area contributed by atoms with E-state index in [9.17, 15) is 31.7 Å². The largest absolute Gasteiger partial charge is 0.416 e. The first kappa shape index (κ1) is 21.9. The minimum atomic E-state index is -4.65. The van der Waals surface area contributed by atoms with Gasteiger partial charge in [0.05, 0.1) is 26.8 Å². The molecule has 30 heavy (non-hydrogen) atoms. The van der Waals surface area contributed by atoms with Crippen molar-refractivity contribution in [3.05, 3.63) is 57.6 Å². The van der Waals surface area contributed by atoms with Crippen molar-refractivity contribution in [2.75, 3.05) is 22.7 Å². The molecule has 0 amide bonds. The number of nitro groups is 1. The molecule has 162 valence electrons. The van der Waals surface area contributed by atoms with Crippen LogP contribution >= 0.6 is 0 Å². The lowest BCUT2D eigenvalue weighted by molar-refractivity contribution is -0.385. The van der Waals surface area contributed by atoms with Crippen molar-refractivity contribution in [1.82, 2.24) is 0 Å². The normalized spacial score (nSPS) is 15.1. The molecule has 0 spiro atoms. The Balaban J connectivity index is 2.07. The number of aryl methyl sites for hydroxylation is 1. The van der Waals surface area contributed by atoms with Crippen molar-refractivity contribution >= 4 is 27.1 Å². The summed E-state index contributed by atoms with van der Waals surface area (Å²) in [5.74, 6) is 0. The highest BCUT2D eigenvalue weighted by Crippen LogP contribution is 2.37. The number of hydrogen-bond acceptors (Lipinski definition) is 5. The van der Waals surface area contributed by atoms with Gasteiger partial charge in [-0.25, -0.2) is 8.42 Å². The molecule has 3 rings (SSSR count). The summed E-state index contributed by atoms with van der Waals surface area (Å²) < 4.78 is 67.9. The number of sulfonamides is 1. The van der Waals surface area contributed by atoms with Gasteiger partial charge in [-0.3, -0.25) is 14.8 Å². The lowest BCUT2D eigenvalue weighted by atomic mass is 10.1. The summed E-state index contributed by atoms with van der Waals surface area (Å²) in [5.41, 5.74) is -1.05. The summed E-state index contributed by atoms with van der Waals surface area (Å²) in [6.45, 7) is 2.64. The quantitative estimate of drug-likeness (QED) is 0.534. The molecule has 1 saturated heterocycles. The Bertz CT molecular complexity index is 1070. The summed E-state index contributed by atoms with van der Waals surface area (Å²) in [7, 11) is -4.37. The van der Waals surface area contributed by atoms with E-state index >= 15 is 0 Å². The van der Waals surface area contributed by atoms with Crippen molar-refractivity contribution in [2.45, 2.75) is 37.3 Å². The SMILES string of the molecule is Cc1ccc([N+](=O)[O-])cc1S(=O)(=O)Nc1cc(C(F)(F)F)ccc1N1CCCCC1. The third-order valence-electron chi connectivity index (χ3n) is 4.94. The molecule has 0 bridgehead atoms. The van der Waals surface area contributed by atoms with Gasteiger partial charge in [-0.15, -0.1) is 0 Å². The predicted octanol–water partition coefficient (Wildman–Crippen LogP) is 4.71. The minimum absolute atomic E-state index is 0.211. The molecule has 7 nitrogen and oxygen atoms in total. The molecule has 1 fully saturated rings. The molecule has 0 aliphatic carbocycles. The van der Waals surface area contributed by atoms with Crippen LogP contribution in [0.25, 0.3) is 0 Å². The molecule has 1 aliphatic heterocycles. The average molecular weight is 443 g/mol. The maximum absolute atomic E-state index is 13.2. The van der Waals surface area contributed by atoms with Crippen LogP contribution in [-0.4, -0.2) is 26.4 Å². The van der Waals surface area contributed by atoms with E-state index in [0.29, 0.717) is 18.8 Å². The summed E-state index contributed by atoms with van der Waals surface area (Å²) in [4.78, 5) is 11.8. The van der Waals surface area contributed by atoms with E-state index in [4.69, 9.17) is 0 Å². The third-order valence-corrected chi connectivity index (χ3v) is 6.44. The molecule has 0 radical (unpaired) electrons. The number of hydrogen-bond donors (Lipinski definition) is 1. The van der Waals surface area contributed by atoms with Crippen molar-refractivity contribution in [1.29, 1.82) is 0 Å². The van der Waals surface area contributed by atoms with Crippen molar-refractivity contribution in [3.63, 3.8) is 0 Å². The highest BCUT2D eigenvalue weighted by molar-refractivity contribution is 7.92. The average Bonchev–Trinajstić information content (AvgIpc) is 2.67. The maximum Gasteiger partial charge on any atom is 0.416 e. The molecule has 1 N–H and O–H groups in total. The number of halogens is 3. The molecule has 1 aliphatic rings. The van der Waals surface area contributed by atoms with Crippen molar-refractivity contribution in [3.8, 4) is 0 Å². The van der Waals surface area contributed by atoms with Gasteiger partial charge in [-0.1, -0.05) is 6.07 Å². The molecular formula is C19H20F3N3O4S. The van der Waals surface area contributed by atoms with Gasteiger partial charge in [0.1, 0.15) is 0 Å². The number of nitro benzene ring substituents is 1. The molecular weight excluding hydrogens is 423 g/mol. The van der Waals surface area contributed by atoms with Crippen LogP contribution in [0, 0.1) is 17.0 Å². The van der Waals surface area contributed by atoms with Gasteiger partial charge < -0.3 is 4.90 Å². The first-order chi connectivity index (χ1) is 14.0. The second-order valence-electron chi connectivity index (χ2n) is 7.09. The van der Waals surface area contributed by atoms with Crippen LogP contribution in [0.3, 0.4) is 0 Å². The lowest BCUT2D eigenvalue weighted by Crippen LogP contribution is -2.30. The van der Waals surface area contributed by atoms with Crippen LogP contribution in [0.5, 0.6) is 0 Å². The Morgan fingerprint density at radius 2 is 1.73 bits per heavy atom. The number of non-ortho nitro benzene ring substituents is 1. The molecule has 0 aromatic heterocycles. The fourth-order valence-electron chi connectivity index (χ4n) is 3.40. The summed E-state index contributed by atoms with van der Waals surface area (Å²) in [5, 5.41) is 11.0. The molecule has 2 aromatic carbocycles. The van der Waals surface area contributed by atoms with Gasteiger partial charge in [0.15, 0.2) is 0 Å². The zero-order valence-corrected chi connectivity index (χ0v) is 16.9. The Hall–Kier alpha value is -2.82. The monoisotopic (exact) mass is 443 g/mol. The second-order valence-corrected chi connectivity index (χ2v) is 8.74. The van der Waals surface area contributed by atoms with Gasteiger partial charge in [0, 0.05) is 25.2 Å². The fraction of sp³-hybridized carbons (Fsp3) is 0.368. The highest BCUT2D eigenvalue weighted by Gasteiger charge is 2.32. The summed E-state index contributed by atoms with van der Waals surface area (Å²) >= 11 is 0. The smallest absolute Gasteiger partial charge is 0.370 e. The van der Waals surface area contributed by atoms with E-state index in [1.165, 1.54) is 19.1 Å². The Labute approximate surface area is 171 Å². The number of rotatable bonds is 5. The first-order valence-electron chi connectivity index (χ1n) is 9.23. The van der Waals surface area contributed by atoms with Gasteiger partial charge in [-0.2, -0.15) is 13.2 Å². The van der Waals surface area contributed by atoms with Crippen LogP contribution in [0.15, 0.2) is 41.3 Å². The van der Waals surface area contributed by atoms with E-state index in [0.717, 1.165) is 43.5 Å². The van der Waals surface area contributed by atoms with Crippen LogP contribution in [0.4, 0.5) is 30.2 Å². The van der Waals surface area contributed by atoms with Gasteiger partial charge in [-0.05, 0) is 49.9 Å². The van der Waals surface area contributed by atoms with E-state index in [1.54, 1.807) is 0 Å². The first-order valence-corrected chi connectivity index (χ1v) is 10.7. The number of benzene rings is 2. The number of alkyl halides is 3. The zero-order chi connectivity index (χ0) is 22.1. The maximum atomic E-state index is 13.2. The number of anilines is 2. The van der Waals surface area contributed by atoms with Crippen LogP contribution < -0.4 is 9.62 Å². The minimum Gasteiger partial charge on any atom is -0.370 e. The predicted molar refractivity (Wildman–Crippen MR) is 106 cm³/mol. The van der Waals surface area contributed by atoms with E-state index in [-0.39, 0.29) is 16.1 Å². The van der Waals surface area contributed by atoms with Crippen LogP contribution in [-0.2, 0) is 16.2 Å². The summed E-state index contributed by atoms with van der Waals surface area (Å²) in [6, 6.07) is 6.27.